The third-order valence-corrected chi connectivity index (χ3v) is 3.29. The zero-order chi connectivity index (χ0) is 14.1. The Kier molecular flexibility index (Phi) is 3.22. The van der Waals surface area contributed by atoms with E-state index in [4.69, 9.17) is 5.73 Å². The van der Waals surface area contributed by atoms with Crippen LogP contribution in [0.5, 0.6) is 0 Å². The molecular weight excluding hydrogens is 255 g/mol. The Morgan fingerprint density at radius 3 is 2.32 bits per heavy atom. The number of primary amides is 1. The van der Waals surface area contributed by atoms with Gasteiger partial charge in [0, 0.05) is 0 Å². The fourth-order valence-electron chi connectivity index (χ4n) is 2.38. The molecule has 5 heteroatoms. The van der Waals surface area contributed by atoms with Crippen molar-refractivity contribution in [3.05, 3.63) is 60.2 Å². The Morgan fingerprint density at radius 2 is 1.79 bits per heavy atom. The zero-order valence-corrected chi connectivity index (χ0v) is 9.89. The Bertz CT molecular complexity index is 533. The fourth-order valence-corrected chi connectivity index (χ4v) is 2.38. The molecule has 2 unspecified atom stereocenters. The normalized spacial score (nSPS) is 26.4. The van der Waals surface area contributed by atoms with E-state index >= 15 is 0 Å². The second kappa shape index (κ2) is 4.57. The summed E-state index contributed by atoms with van der Waals surface area (Å²) >= 11 is 0. The Hall–Kier alpha value is -2.04. The van der Waals surface area contributed by atoms with E-state index in [1.54, 1.807) is 6.07 Å². The van der Waals surface area contributed by atoms with Crippen molar-refractivity contribution in [3.63, 3.8) is 0 Å². The SMILES string of the molecule is NC(=O)C1C=CC=CC1(c1ccccc1)C(F)(F)F. The second-order valence-corrected chi connectivity index (χ2v) is 4.36. The number of amides is 1. The molecule has 100 valence electrons. The van der Waals surface area contributed by atoms with Gasteiger partial charge in [-0.05, 0) is 5.56 Å². The fraction of sp³-hybridized carbons (Fsp3) is 0.214. The molecule has 0 radical (unpaired) electrons. The van der Waals surface area contributed by atoms with Crippen LogP contribution in [-0.4, -0.2) is 12.1 Å². The highest BCUT2D eigenvalue weighted by molar-refractivity contribution is 5.82. The summed E-state index contributed by atoms with van der Waals surface area (Å²) in [5.74, 6) is -2.44. The second-order valence-electron chi connectivity index (χ2n) is 4.36. The minimum absolute atomic E-state index is 0.00639. The van der Waals surface area contributed by atoms with E-state index in [0.29, 0.717) is 0 Å². The summed E-state index contributed by atoms with van der Waals surface area (Å²) in [7, 11) is 0. The van der Waals surface area contributed by atoms with E-state index in [9.17, 15) is 18.0 Å². The van der Waals surface area contributed by atoms with Crippen molar-refractivity contribution in [2.24, 2.45) is 11.7 Å². The minimum atomic E-state index is -4.62. The van der Waals surface area contributed by atoms with Gasteiger partial charge in [-0.1, -0.05) is 54.6 Å². The molecule has 1 aromatic carbocycles. The van der Waals surface area contributed by atoms with Crippen molar-refractivity contribution < 1.29 is 18.0 Å². The highest BCUT2D eigenvalue weighted by Crippen LogP contribution is 2.49. The summed E-state index contributed by atoms with van der Waals surface area (Å²) < 4.78 is 40.8. The maximum absolute atomic E-state index is 13.6. The molecule has 0 spiro atoms. The molecule has 1 aromatic rings. The van der Waals surface area contributed by atoms with Gasteiger partial charge in [-0.15, -0.1) is 0 Å². The van der Waals surface area contributed by atoms with Crippen LogP contribution in [0.15, 0.2) is 54.6 Å². The van der Waals surface area contributed by atoms with Gasteiger partial charge in [0.2, 0.25) is 5.91 Å². The quantitative estimate of drug-likeness (QED) is 0.879. The summed E-state index contributed by atoms with van der Waals surface area (Å²) in [5, 5.41) is 0. The Labute approximate surface area is 108 Å². The van der Waals surface area contributed by atoms with Crippen molar-refractivity contribution in [2.45, 2.75) is 11.6 Å². The Morgan fingerprint density at radius 1 is 1.16 bits per heavy atom. The predicted molar refractivity (Wildman–Crippen MR) is 65.1 cm³/mol. The summed E-state index contributed by atoms with van der Waals surface area (Å²) in [5.41, 5.74) is 2.77. The van der Waals surface area contributed by atoms with Gasteiger partial charge in [0.05, 0.1) is 5.92 Å². The van der Waals surface area contributed by atoms with Crippen LogP contribution in [0, 0.1) is 5.92 Å². The molecule has 2 atom stereocenters. The van der Waals surface area contributed by atoms with Gasteiger partial charge in [0.1, 0.15) is 5.41 Å². The monoisotopic (exact) mass is 267 g/mol. The molecular formula is C14H12F3NO. The maximum atomic E-state index is 13.6. The largest absolute Gasteiger partial charge is 0.402 e. The van der Waals surface area contributed by atoms with Crippen molar-refractivity contribution in [1.82, 2.24) is 0 Å². The van der Waals surface area contributed by atoms with E-state index in [-0.39, 0.29) is 5.56 Å². The van der Waals surface area contributed by atoms with Crippen LogP contribution in [0.2, 0.25) is 0 Å². The van der Waals surface area contributed by atoms with Crippen LogP contribution < -0.4 is 5.73 Å². The van der Waals surface area contributed by atoms with Crippen LogP contribution in [0.1, 0.15) is 5.56 Å². The highest BCUT2D eigenvalue weighted by atomic mass is 19.4. The van der Waals surface area contributed by atoms with Crippen LogP contribution in [0.3, 0.4) is 0 Å². The van der Waals surface area contributed by atoms with E-state index in [1.807, 2.05) is 0 Å². The van der Waals surface area contributed by atoms with Crippen molar-refractivity contribution in [3.8, 4) is 0 Å². The summed E-state index contributed by atoms with van der Waals surface area (Å²) in [6.45, 7) is 0. The van der Waals surface area contributed by atoms with Gasteiger partial charge in [0.15, 0.2) is 0 Å². The lowest BCUT2D eigenvalue weighted by Gasteiger charge is -2.39. The number of benzene rings is 1. The van der Waals surface area contributed by atoms with Crippen molar-refractivity contribution >= 4 is 5.91 Å². The first-order chi connectivity index (χ1) is 8.89. The molecule has 19 heavy (non-hydrogen) atoms. The molecule has 1 aliphatic rings. The van der Waals surface area contributed by atoms with Gasteiger partial charge in [-0.3, -0.25) is 4.79 Å². The van der Waals surface area contributed by atoms with Gasteiger partial charge >= 0.3 is 6.18 Å². The van der Waals surface area contributed by atoms with E-state index in [2.05, 4.69) is 0 Å². The number of hydrogen-bond acceptors (Lipinski definition) is 1. The van der Waals surface area contributed by atoms with Crippen LogP contribution in [0.25, 0.3) is 0 Å². The maximum Gasteiger partial charge on any atom is 0.402 e. The summed E-state index contributed by atoms with van der Waals surface area (Å²) in [6, 6.07) is 7.34. The highest BCUT2D eigenvalue weighted by Gasteiger charge is 2.60. The van der Waals surface area contributed by atoms with Crippen molar-refractivity contribution in [2.75, 3.05) is 0 Å². The molecule has 1 amide bonds. The van der Waals surface area contributed by atoms with Crippen LogP contribution in [0.4, 0.5) is 13.2 Å². The number of carbonyl (C=O) groups is 1. The molecule has 0 saturated carbocycles. The smallest absolute Gasteiger partial charge is 0.369 e. The summed E-state index contributed by atoms with van der Waals surface area (Å²) in [4.78, 5) is 11.4. The van der Waals surface area contributed by atoms with Gasteiger partial charge < -0.3 is 5.73 Å². The number of rotatable bonds is 2. The molecule has 2 nitrogen and oxygen atoms in total. The first kappa shape index (κ1) is 13.4. The molecule has 0 aliphatic heterocycles. The number of nitrogens with two attached hydrogens (primary N) is 1. The molecule has 0 aromatic heterocycles. The summed E-state index contributed by atoms with van der Waals surface area (Å²) in [6.07, 6.45) is 0.276. The van der Waals surface area contributed by atoms with E-state index in [0.717, 1.165) is 6.08 Å². The lowest BCUT2D eigenvalue weighted by molar-refractivity contribution is -0.188. The average molecular weight is 267 g/mol. The molecule has 0 saturated heterocycles. The zero-order valence-electron chi connectivity index (χ0n) is 9.89. The standard InChI is InChI=1S/C14H12F3NO/c15-14(16,17)13(10-6-2-1-3-7-10)9-5-4-8-11(13)12(18)19/h1-9,11H,(H2,18,19). The number of carbonyl (C=O) groups excluding carboxylic acids is 1. The first-order valence-electron chi connectivity index (χ1n) is 5.67. The molecule has 2 rings (SSSR count). The third-order valence-electron chi connectivity index (χ3n) is 3.29. The van der Waals surface area contributed by atoms with Crippen LogP contribution >= 0.6 is 0 Å². The van der Waals surface area contributed by atoms with E-state index < -0.39 is 23.4 Å². The Balaban J connectivity index is 2.68. The van der Waals surface area contributed by atoms with Gasteiger partial charge in [-0.2, -0.15) is 13.2 Å². The molecule has 2 N–H and O–H groups in total. The third kappa shape index (κ3) is 2.05. The molecule has 1 aliphatic carbocycles. The lowest BCUT2D eigenvalue weighted by atomic mass is 9.67. The van der Waals surface area contributed by atoms with Crippen LogP contribution in [-0.2, 0) is 10.2 Å². The lowest BCUT2D eigenvalue weighted by Crippen LogP contribution is -2.51. The number of hydrogen-bond donors (Lipinski definition) is 1. The number of allylic oxidation sites excluding steroid dienone is 3. The molecule has 0 heterocycles. The van der Waals surface area contributed by atoms with Crippen molar-refractivity contribution in [1.29, 1.82) is 0 Å². The van der Waals surface area contributed by atoms with Gasteiger partial charge in [0.25, 0.3) is 0 Å². The van der Waals surface area contributed by atoms with Gasteiger partial charge in [-0.25, -0.2) is 0 Å². The predicted octanol–water partition coefficient (Wildman–Crippen LogP) is 2.71. The van der Waals surface area contributed by atoms with E-state index in [1.165, 1.54) is 42.5 Å². The minimum Gasteiger partial charge on any atom is -0.369 e. The molecule has 0 fully saturated rings. The average Bonchev–Trinajstić information content (AvgIpc) is 2.38. The molecule has 0 bridgehead atoms. The number of alkyl halides is 3. The topological polar surface area (TPSA) is 43.1 Å². The first-order valence-corrected chi connectivity index (χ1v) is 5.67. The number of halogens is 3.